The van der Waals surface area contributed by atoms with Gasteiger partial charge in [-0.25, -0.2) is 9.59 Å². The van der Waals surface area contributed by atoms with E-state index in [4.69, 9.17) is 14.6 Å². The Morgan fingerprint density at radius 2 is 0.977 bits per heavy atom. The molecule has 8 heteroatoms. The van der Waals surface area contributed by atoms with Crippen molar-refractivity contribution in [1.29, 1.82) is 0 Å². The van der Waals surface area contributed by atoms with Crippen LogP contribution in [0.3, 0.4) is 0 Å². The highest BCUT2D eigenvalue weighted by Gasteiger charge is 2.33. The van der Waals surface area contributed by atoms with E-state index in [0.717, 1.165) is 32.0 Å². The number of phenols is 1. The molecule has 0 aliphatic rings. The van der Waals surface area contributed by atoms with Crippen LogP contribution in [0, 0.1) is 0 Å². The van der Waals surface area contributed by atoms with Crippen LogP contribution < -0.4 is 4.74 Å². The van der Waals surface area contributed by atoms with Gasteiger partial charge in [-0.3, -0.25) is 0 Å². The number of carbonyl (C=O) groups is 2. The van der Waals surface area contributed by atoms with Crippen molar-refractivity contribution in [2.45, 2.75) is 132 Å². The van der Waals surface area contributed by atoms with Crippen molar-refractivity contribution >= 4 is 35.5 Å². The van der Waals surface area contributed by atoms with E-state index < -0.39 is 25.2 Å². The molecule has 0 aliphatic carbocycles. The number of hydrogen-bond acceptors (Lipinski definition) is 7. The highest BCUT2D eigenvalue weighted by atomic mass is 32.2. The van der Waals surface area contributed by atoms with Crippen LogP contribution in [0.15, 0.2) is 34.1 Å². The van der Waals surface area contributed by atoms with E-state index in [1.54, 1.807) is 23.5 Å². The van der Waals surface area contributed by atoms with Crippen molar-refractivity contribution in [1.82, 2.24) is 0 Å². The fraction of sp³-hybridized carbons (Fsp3) is 0.600. The van der Waals surface area contributed by atoms with Crippen LogP contribution in [0.5, 0.6) is 11.5 Å². The fourth-order valence-corrected chi connectivity index (χ4v) is 7.24. The first-order valence-electron chi connectivity index (χ1n) is 14.7. The van der Waals surface area contributed by atoms with Crippen LogP contribution in [0.2, 0.25) is 0 Å². The van der Waals surface area contributed by atoms with Crippen molar-refractivity contribution in [3.63, 3.8) is 0 Å². The normalized spacial score (nSPS) is 13.3. The lowest BCUT2D eigenvalue weighted by Crippen LogP contribution is -2.25. The highest BCUT2D eigenvalue weighted by Crippen LogP contribution is 2.51. The molecule has 0 radical (unpaired) electrons. The molecule has 0 saturated carbocycles. The Bertz CT molecular complexity index is 1260. The molecular formula is C35H52O6S2. The van der Waals surface area contributed by atoms with Gasteiger partial charge in [-0.05, 0) is 59.8 Å². The molecule has 0 heterocycles. The summed E-state index contributed by atoms with van der Waals surface area (Å²) in [6.07, 6.45) is 0. The van der Waals surface area contributed by atoms with Crippen LogP contribution in [0.25, 0.3) is 0 Å². The first-order chi connectivity index (χ1) is 19.2. The number of carboxylic acids is 1. The van der Waals surface area contributed by atoms with E-state index >= 15 is 0 Å². The number of benzene rings is 2. The largest absolute Gasteiger partial charge is 0.507 e. The van der Waals surface area contributed by atoms with Gasteiger partial charge >= 0.3 is 11.9 Å². The van der Waals surface area contributed by atoms with Crippen molar-refractivity contribution < 1.29 is 29.3 Å². The van der Waals surface area contributed by atoms with E-state index in [-0.39, 0.29) is 25.7 Å². The zero-order valence-corrected chi connectivity index (χ0v) is 30.2. The van der Waals surface area contributed by atoms with Crippen molar-refractivity contribution in [2.75, 3.05) is 13.2 Å². The predicted octanol–water partition coefficient (Wildman–Crippen LogP) is 9.21. The Balaban J connectivity index is 2.58. The van der Waals surface area contributed by atoms with Gasteiger partial charge in [0.15, 0.2) is 0 Å². The van der Waals surface area contributed by atoms with E-state index in [2.05, 4.69) is 121 Å². The Hall–Kier alpha value is -2.16. The number of aromatic hydroxyl groups is 1. The lowest BCUT2D eigenvalue weighted by Gasteiger charge is -2.32. The molecule has 0 saturated heterocycles. The van der Waals surface area contributed by atoms with Gasteiger partial charge in [0.1, 0.15) is 24.7 Å². The first-order valence-corrected chi connectivity index (χ1v) is 16.3. The Morgan fingerprint density at radius 3 is 1.30 bits per heavy atom. The summed E-state index contributed by atoms with van der Waals surface area (Å²) < 4.78 is 10.6. The molecule has 0 atom stereocenters. The molecule has 2 N–H and O–H groups in total. The van der Waals surface area contributed by atoms with Gasteiger partial charge in [-0.1, -0.05) is 83.1 Å². The average molecular weight is 633 g/mol. The Morgan fingerprint density at radius 1 is 0.628 bits per heavy atom. The second-order valence-electron chi connectivity index (χ2n) is 15.7. The lowest BCUT2D eigenvalue weighted by molar-refractivity contribution is -0.147. The van der Waals surface area contributed by atoms with E-state index in [0.29, 0.717) is 11.5 Å². The summed E-state index contributed by atoms with van der Waals surface area (Å²) in [5.41, 5.74) is 2.55. The zero-order valence-electron chi connectivity index (χ0n) is 28.6. The van der Waals surface area contributed by atoms with Crippen LogP contribution >= 0.6 is 23.5 Å². The highest BCUT2D eigenvalue weighted by molar-refractivity contribution is 8.18. The molecule has 2 aromatic carbocycles. The monoisotopic (exact) mass is 632 g/mol. The first kappa shape index (κ1) is 37.0. The van der Waals surface area contributed by atoms with E-state index in [1.165, 1.54) is 0 Å². The number of phenolic OH excluding ortho intramolecular Hbond substituents is 1. The number of rotatable bonds is 9. The van der Waals surface area contributed by atoms with Crippen molar-refractivity contribution in [3.05, 3.63) is 46.5 Å². The molecule has 0 fully saturated rings. The van der Waals surface area contributed by atoms with Gasteiger partial charge in [-0.15, -0.1) is 23.5 Å². The summed E-state index contributed by atoms with van der Waals surface area (Å²) in [4.78, 5) is 25.7. The summed E-state index contributed by atoms with van der Waals surface area (Å²) >= 11 is 3.51. The molecular weight excluding hydrogens is 581 g/mol. The molecule has 2 rings (SSSR count). The summed E-state index contributed by atoms with van der Waals surface area (Å²) in [7, 11) is 0. The minimum absolute atomic E-state index is 0.215. The van der Waals surface area contributed by atoms with Crippen molar-refractivity contribution in [2.24, 2.45) is 0 Å². The maximum Gasteiger partial charge on any atom is 0.337 e. The number of thioether (sulfide) groups is 2. The average Bonchev–Trinajstić information content (AvgIpc) is 2.77. The van der Waals surface area contributed by atoms with Crippen molar-refractivity contribution in [3.8, 4) is 11.5 Å². The summed E-state index contributed by atoms with van der Waals surface area (Å²) in [5.74, 6) is -0.901. The summed E-state index contributed by atoms with van der Waals surface area (Å²) in [6.45, 7) is 28.6. The second-order valence-corrected chi connectivity index (χ2v) is 19.3. The van der Waals surface area contributed by atoms with Crippen LogP contribution in [0.1, 0.15) is 119 Å². The number of hydrogen-bond donors (Lipinski definition) is 2. The lowest BCUT2D eigenvalue weighted by atomic mass is 9.79. The molecule has 240 valence electrons. The standard InChI is InChI=1S/C35H52O6S2/c1-31(2,3)23-15-21(16-24(29(23)39)32(4,5)6)42-35(13,14)43-22-17-25(33(7,8)9)30(26(18-22)34(10,11)12)41-28(38)20-40-19-27(36)37/h15-18,39H,19-20H2,1-14H3,(H,36,37). The summed E-state index contributed by atoms with van der Waals surface area (Å²) in [5, 5.41) is 20.1. The molecule has 2 aromatic rings. The molecule has 0 aromatic heterocycles. The molecule has 0 bridgehead atoms. The van der Waals surface area contributed by atoms with Crippen LogP contribution in [-0.2, 0) is 36.0 Å². The topological polar surface area (TPSA) is 93.1 Å². The number of carboxylic acid groups (broad SMARTS) is 1. The Kier molecular flexibility index (Phi) is 11.2. The predicted molar refractivity (Wildman–Crippen MR) is 179 cm³/mol. The second kappa shape index (κ2) is 13.1. The number of ether oxygens (including phenoxy) is 2. The maximum atomic E-state index is 12.7. The number of carbonyl (C=O) groups excluding carboxylic acids is 1. The van der Waals surface area contributed by atoms with Gasteiger partial charge in [-0.2, -0.15) is 0 Å². The van der Waals surface area contributed by atoms with Gasteiger partial charge in [0.2, 0.25) is 0 Å². The minimum atomic E-state index is -1.14. The zero-order chi connectivity index (χ0) is 33.3. The third kappa shape index (κ3) is 10.5. The van der Waals surface area contributed by atoms with Crippen LogP contribution in [-0.4, -0.2) is 39.4 Å². The number of aliphatic carboxylic acids is 1. The van der Waals surface area contributed by atoms with Gasteiger partial charge in [0.25, 0.3) is 0 Å². The smallest absolute Gasteiger partial charge is 0.337 e. The molecule has 43 heavy (non-hydrogen) atoms. The van der Waals surface area contributed by atoms with Crippen LogP contribution in [0.4, 0.5) is 0 Å². The summed E-state index contributed by atoms with van der Waals surface area (Å²) in [6, 6.07) is 8.43. The third-order valence-electron chi connectivity index (χ3n) is 6.77. The fourth-order valence-electron chi connectivity index (χ4n) is 4.65. The molecule has 6 nitrogen and oxygen atoms in total. The van der Waals surface area contributed by atoms with Gasteiger partial charge in [0.05, 0.1) is 4.08 Å². The molecule has 0 spiro atoms. The quantitative estimate of drug-likeness (QED) is 0.122. The maximum absolute atomic E-state index is 12.7. The molecule has 0 amide bonds. The Labute approximate surface area is 267 Å². The molecule has 0 unspecified atom stereocenters. The minimum Gasteiger partial charge on any atom is -0.507 e. The third-order valence-corrected chi connectivity index (χ3v) is 9.19. The molecule has 0 aliphatic heterocycles. The van der Waals surface area contributed by atoms with E-state index in [1.807, 2.05) is 0 Å². The SMILES string of the molecule is CC(C)(Sc1cc(C(C)(C)C)c(O)c(C(C)(C)C)c1)Sc1cc(C(C)(C)C)c(OC(=O)COCC(=O)O)c(C(C)(C)C)c1. The van der Waals surface area contributed by atoms with E-state index in [9.17, 15) is 14.7 Å². The van der Waals surface area contributed by atoms with Gasteiger partial charge in [0, 0.05) is 32.0 Å². The van der Waals surface area contributed by atoms with Gasteiger partial charge < -0.3 is 19.7 Å². The number of esters is 1.